The molecule has 0 radical (unpaired) electrons. The van der Waals surface area contributed by atoms with Crippen molar-refractivity contribution in [3.05, 3.63) is 103 Å². The van der Waals surface area contributed by atoms with E-state index in [-0.39, 0.29) is 18.0 Å². The highest BCUT2D eigenvalue weighted by Gasteiger charge is 2.35. The van der Waals surface area contributed by atoms with Crippen LogP contribution in [0.1, 0.15) is 16.7 Å². The number of aryl methyl sites for hydroxylation is 1. The van der Waals surface area contributed by atoms with Crippen LogP contribution in [0.4, 0.5) is 16.2 Å². The van der Waals surface area contributed by atoms with Crippen LogP contribution in [0.15, 0.2) is 72.4 Å². The van der Waals surface area contributed by atoms with Crippen molar-refractivity contribution in [3.8, 4) is 5.75 Å². The van der Waals surface area contributed by atoms with E-state index in [9.17, 15) is 24.5 Å². The number of hydrogen-bond donors (Lipinski definition) is 2. The zero-order valence-electron chi connectivity index (χ0n) is 19.6. The zero-order valence-corrected chi connectivity index (χ0v) is 21.7. The third-order valence-corrected chi connectivity index (χ3v) is 6.22. The summed E-state index contributed by atoms with van der Waals surface area (Å²) in [6.07, 6.45) is 1.53. The quantitative estimate of drug-likeness (QED) is 0.126. The molecule has 0 atom stereocenters. The van der Waals surface area contributed by atoms with Crippen molar-refractivity contribution in [2.24, 2.45) is 0 Å². The number of nitro benzene ring substituents is 1. The molecule has 11 heteroatoms. The number of nitro groups is 1. The number of nitrogens with zero attached hydrogens (tertiary/aromatic N) is 2. The predicted octanol–water partition coefficient (Wildman–Crippen LogP) is 4.62. The van der Waals surface area contributed by atoms with Crippen LogP contribution in [-0.2, 0) is 16.2 Å². The lowest BCUT2D eigenvalue weighted by molar-refractivity contribution is -0.384. The highest BCUT2D eigenvalue weighted by atomic mass is 127. The summed E-state index contributed by atoms with van der Waals surface area (Å²) in [5.74, 6) is -0.491. The minimum Gasteiger partial charge on any atom is -0.488 e. The average molecular weight is 612 g/mol. The summed E-state index contributed by atoms with van der Waals surface area (Å²) in [6.45, 7) is 1.70. The number of hydrogen-bond acceptors (Lipinski definition) is 6. The van der Waals surface area contributed by atoms with E-state index < -0.39 is 29.3 Å². The molecule has 188 valence electrons. The number of carbonyl (C=O) groups excluding carboxylic acids is 3. The van der Waals surface area contributed by atoms with Crippen molar-refractivity contribution in [3.63, 3.8) is 0 Å². The van der Waals surface area contributed by atoms with E-state index in [2.05, 4.69) is 33.2 Å². The van der Waals surface area contributed by atoms with Crippen LogP contribution in [0, 0.1) is 20.6 Å². The minimum atomic E-state index is -0.673. The van der Waals surface area contributed by atoms with Gasteiger partial charge in [0, 0.05) is 17.8 Å². The van der Waals surface area contributed by atoms with Crippen molar-refractivity contribution < 1.29 is 24.0 Å². The van der Waals surface area contributed by atoms with Crippen molar-refractivity contribution in [2.45, 2.75) is 13.5 Å². The van der Waals surface area contributed by atoms with Gasteiger partial charge >= 0.3 is 6.03 Å². The normalized spacial score (nSPS) is 14.0. The van der Waals surface area contributed by atoms with E-state index in [1.165, 1.54) is 18.2 Å². The summed E-state index contributed by atoms with van der Waals surface area (Å²) in [4.78, 5) is 48.7. The minimum absolute atomic E-state index is 0.00902. The summed E-state index contributed by atoms with van der Waals surface area (Å²) < 4.78 is 6.58. The van der Waals surface area contributed by atoms with Crippen molar-refractivity contribution in [1.82, 2.24) is 10.2 Å². The number of benzene rings is 3. The van der Waals surface area contributed by atoms with Crippen LogP contribution in [-0.4, -0.2) is 34.2 Å². The molecule has 0 aromatic heterocycles. The molecule has 1 aliphatic heterocycles. The van der Waals surface area contributed by atoms with E-state index in [0.717, 1.165) is 19.6 Å². The van der Waals surface area contributed by atoms with Gasteiger partial charge in [0.2, 0.25) is 5.91 Å². The number of halogens is 1. The second-order valence-corrected chi connectivity index (χ2v) is 9.36. The first-order chi connectivity index (χ1) is 17.7. The monoisotopic (exact) mass is 612 g/mol. The van der Waals surface area contributed by atoms with E-state index >= 15 is 0 Å². The molecule has 3 aromatic rings. The van der Waals surface area contributed by atoms with Gasteiger partial charge in [0.25, 0.3) is 11.6 Å². The molecule has 37 heavy (non-hydrogen) atoms. The SMILES string of the molecule is Cc1cccc(NC(=O)CN2C(=O)N/C(=C/c3ccc(OCc4ccc([N+](=O)[O-])cc4)c(I)c3)C2=O)c1. The van der Waals surface area contributed by atoms with E-state index in [1.54, 1.807) is 48.5 Å². The van der Waals surface area contributed by atoms with E-state index in [1.807, 2.05) is 13.0 Å². The number of amides is 4. The maximum absolute atomic E-state index is 12.8. The standard InChI is InChI=1S/C26H21IN4O6/c1-16-3-2-4-19(11-16)28-24(32)14-30-25(33)22(29-26(30)34)13-18-7-10-23(21(27)12-18)37-15-17-5-8-20(9-6-17)31(35)36/h2-13H,14-15H2,1H3,(H,28,32)(H,29,34)/b22-13+. The maximum Gasteiger partial charge on any atom is 0.329 e. The van der Waals surface area contributed by atoms with Gasteiger partial charge in [-0.3, -0.25) is 19.7 Å². The maximum atomic E-state index is 12.8. The highest BCUT2D eigenvalue weighted by Crippen LogP contribution is 2.25. The number of ether oxygens (including phenoxy) is 1. The first-order valence-electron chi connectivity index (χ1n) is 11.1. The Kier molecular flexibility index (Phi) is 7.82. The molecule has 2 N–H and O–H groups in total. The summed E-state index contributed by atoms with van der Waals surface area (Å²) in [6, 6.07) is 17.9. The fourth-order valence-corrected chi connectivity index (χ4v) is 4.24. The lowest BCUT2D eigenvalue weighted by atomic mass is 10.2. The number of urea groups is 1. The molecule has 1 aliphatic rings. The summed E-state index contributed by atoms with van der Waals surface area (Å²) in [7, 11) is 0. The Morgan fingerprint density at radius 1 is 1.14 bits per heavy atom. The Morgan fingerprint density at radius 2 is 1.89 bits per heavy atom. The van der Waals surface area contributed by atoms with Gasteiger partial charge < -0.3 is 15.4 Å². The number of nitrogens with one attached hydrogen (secondary N) is 2. The van der Waals surface area contributed by atoms with Crippen LogP contribution in [0.2, 0.25) is 0 Å². The molecular weight excluding hydrogens is 591 g/mol. The third kappa shape index (κ3) is 6.50. The summed E-state index contributed by atoms with van der Waals surface area (Å²) >= 11 is 2.09. The number of anilines is 1. The average Bonchev–Trinajstić information content (AvgIpc) is 3.11. The molecule has 3 aromatic carbocycles. The highest BCUT2D eigenvalue weighted by molar-refractivity contribution is 14.1. The third-order valence-electron chi connectivity index (χ3n) is 5.37. The van der Waals surface area contributed by atoms with Crippen LogP contribution in [0.3, 0.4) is 0 Å². The molecule has 0 aliphatic carbocycles. The molecule has 10 nitrogen and oxygen atoms in total. The van der Waals surface area contributed by atoms with Gasteiger partial charge in [-0.15, -0.1) is 0 Å². The fraction of sp³-hybridized carbons (Fsp3) is 0.115. The molecule has 1 fully saturated rings. The second kappa shape index (κ2) is 11.2. The fourth-order valence-electron chi connectivity index (χ4n) is 3.55. The number of carbonyl (C=O) groups is 3. The zero-order chi connectivity index (χ0) is 26.5. The molecule has 0 saturated carbocycles. The molecule has 4 amide bonds. The Bertz CT molecular complexity index is 1420. The van der Waals surface area contributed by atoms with E-state index in [0.29, 0.717) is 17.0 Å². The molecule has 0 unspecified atom stereocenters. The molecule has 0 spiro atoms. The first kappa shape index (κ1) is 25.8. The topological polar surface area (TPSA) is 131 Å². The van der Waals surface area contributed by atoms with Gasteiger partial charge in [0.1, 0.15) is 24.6 Å². The summed E-state index contributed by atoms with van der Waals surface area (Å²) in [5, 5.41) is 16.0. The second-order valence-electron chi connectivity index (χ2n) is 8.20. The Hall–Kier alpha value is -4.26. The van der Waals surface area contributed by atoms with Gasteiger partial charge in [0.15, 0.2) is 0 Å². The first-order valence-corrected chi connectivity index (χ1v) is 12.1. The molecule has 0 bridgehead atoms. The van der Waals surface area contributed by atoms with Gasteiger partial charge in [0.05, 0.1) is 8.49 Å². The smallest absolute Gasteiger partial charge is 0.329 e. The Balaban J connectivity index is 1.38. The molecular formula is C26H21IN4O6. The van der Waals surface area contributed by atoms with Crippen LogP contribution >= 0.6 is 22.6 Å². The van der Waals surface area contributed by atoms with Crippen molar-refractivity contribution in [1.29, 1.82) is 0 Å². The van der Waals surface area contributed by atoms with Crippen LogP contribution in [0.5, 0.6) is 5.75 Å². The summed E-state index contributed by atoms with van der Waals surface area (Å²) in [5.41, 5.74) is 3.05. The van der Waals surface area contributed by atoms with Gasteiger partial charge in [-0.05, 0) is 88.7 Å². The molecule has 1 heterocycles. The lowest BCUT2D eigenvalue weighted by Crippen LogP contribution is -2.38. The van der Waals surface area contributed by atoms with E-state index in [4.69, 9.17) is 4.74 Å². The van der Waals surface area contributed by atoms with Crippen LogP contribution < -0.4 is 15.4 Å². The molecule has 1 saturated heterocycles. The number of non-ortho nitro benzene ring substituents is 1. The van der Waals surface area contributed by atoms with Crippen molar-refractivity contribution in [2.75, 3.05) is 11.9 Å². The number of imide groups is 1. The van der Waals surface area contributed by atoms with Crippen LogP contribution in [0.25, 0.3) is 6.08 Å². The van der Waals surface area contributed by atoms with Gasteiger partial charge in [-0.1, -0.05) is 18.2 Å². The largest absolute Gasteiger partial charge is 0.488 e. The van der Waals surface area contributed by atoms with Gasteiger partial charge in [-0.2, -0.15) is 0 Å². The molecule has 4 rings (SSSR count). The Morgan fingerprint density at radius 3 is 2.57 bits per heavy atom. The number of rotatable bonds is 8. The van der Waals surface area contributed by atoms with Gasteiger partial charge in [-0.25, -0.2) is 9.69 Å². The predicted molar refractivity (Wildman–Crippen MR) is 145 cm³/mol. The van der Waals surface area contributed by atoms with Crippen molar-refractivity contribution >= 4 is 57.9 Å². The Labute approximate surface area is 225 Å². The lowest BCUT2D eigenvalue weighted by Gasteiger charge is -2.12.